The van der Waals surface area contributed by atoms with Gasteiger partial charge in [0.1, 0.15) is 0 Å². The number of hydrogen-bond donors (Lipinski definition) is 0. The minimum atomic E-state index is -2.35. The van der Waals surface area contributed by atoms with Crippen LogP contribution >= 0.6 is 0 Å². The Bertz CT molecular complexity index is 319. The molecule has 3 heteroatoms. The summed E-state index contributed by atoms with van der Waals surface area (Å²) in [6.07, 6.45) is 9.77. The van der Waals surface area contributed by atoms with Gasteiger partial charge in [-0.2, -0.15) is 0 Å². The molecule has 0 unspecified atom stereocenters. The van der Waals surface area contributed by atoms with Gasteiger partial charge in [-0.05, 0) is 0 Å². The number of unbranched alkanes of at least 4 members (excludes halogenated alkanes) is 3. The van der Waals surface area contributed by atoms with Crippen molar-refractivity contribution in [2.45, 2.75) is 123 Å². The fourth-order valence-corrected chi connectivity index (χ4v) is 21.8. The quantitative estimate of drug-likeness (QED) is 0.320. The van der Waals surface area contributed by atoms with Gasteiger partial charge in [-0.25, -0.2) is 0 Å². The molecule has 1 saturated heterocycles. The van der Waals surface area contributed by atoms with E-state index in [1.54, 1.807) is 0 Å². The van der Waals surface area contributed by atoms with E-state index in [0.29, 0.717) is 16.1 Å². The van der Waals surface area contributed by atoms with Gasteiger partial charge in [0.25, 0.3) is 0 Å². The summed E-state index contributed by atoms with van der Waals surface area (Å²) < 4.78 is 18.1. The summed E-state index contributed by atoms with van der Waals surface area (Å²) in [5, 5.41) is 0. The summed E-state index contributed by atoms with van der Waals surface area (Å²) in [5.41, 5.74) is 0. The fourth-order valence-electron chi connectivity index (χ4n) is 4.27. The van der Waals surface area contributed by atoms with E-state index in [1.165, 1.54) is 51.8 Å². The van der Waals surface area contributed by atoms with Crippen LogP contribution in [0.15, 0.2) is 0 Å². The molecule has 2 atom stereocenters. The first-order valence-electron chi connectivity index (χ1n) is 10.7. The predicted octanol–water partition coefficient (Wildman–Crippen LogP) is 6.94. The molecule has 1 aliphatic rings. The molecule has 0 aromatic heterocycles. The zero-order valence-electron chi connectivity index (χ0n) is 17.6. The molecular weight excluding hydrogens is 403 g/mol. The van der Waals surface area contributed by atoms with E-state index in [-0.39, 0.29) is 0 Å². The summed E-state index contributed by atoms with van der Waals surface area (Å²) in [6.45, 7) is 16.0. The van der Waals surface area contributed by atoms with Gasteiger partial charge in [0.15, 0.2) is 0 Å². The van der Waals surface area contributed by atoms with Crippen LogP contribution in [0.25, 0.3) is 0 Å². The maximum atomic E-state index is 6.68. The van der Waals surface area contributed by atoms with Gasteiger partial charge in [-0.3, -0.25) is 0 Å². The summed E-state index contributed by atoms with van der Waals surface area (Å²) in [5.74, 6) is 0.188. The van der Waals surface area contributed by atoms with Crippen molar-refractivity contribution in [2.75, 3.05) is 0 Å². The van der Waals surface area contributed by atoms with Crippen molar-refractivity contribution in [3.8, 4) is 0 Å². The summed E-state index contributed by atoms with van der Waals surface area (Å²) in [7, 11) is 0. The second kappa shape index (κ2) is 10.8. The molecule has 0 amide bonds. The molecule has 0 saturated carbocycles. The molecule has 24 heavy (non-hydrogen) atoms. The summed E-state index contributed by atoms with van der Waals surface area (Å²) in [4.78, 5) is 0. The SMILES string of the molecule is CCC[CH2][Sn]([CH2]CCC)([CH2]CCC)[C@@H]1C[C@H](C(C)C)OC(C)(C)O1. The first kappa shape index (κ1) is 22.8. The van der Waals surface area contributed by atoms with Crippen LogP contribution in [0, 0.1) is 5.92 Å². The Morgan fingerprint density at radius 2 is 1.33 bits per heavy atom. The molecule has 0 N–H and O–H groups in total. The van der Waals surface area contributed by atoms with Gasteiger partial charge in [0, 0.05) is 0 Å². The number of rotatable bonds is 11. The van der Waals surface area contributed by atoms with E-state index in [9.17, 15) is 0 Å². The molecule has 1 fully saturated rings. The molecule has 1 heterocycles. The third-order valence-electron chi connectivity index (χ3n) is 5.82. The van der Waals surface area contributed by atoms with E-state index in [0.717, 1.165) is 6.42 Å². The molecule has 0 spiro atoms. The van der Waals surface area contributed by atoms with E-state index in [4.69, 9.17) is 9.47 Å². The molecule has 0 radical (unpaired) electrons. The number of hydrogen-bond acceptors (Lipinski definition) is 2. The van der Waals surface area contributed by atoms with E-state index in [2.05, 4.69) is 48.5 Å². The Morgan fingerprint density at radius 1 is 0.875 bits per heavy atom. The van der Waals surface area contributed by atoms with Gasteiger partial charge >= 0.3 is 157 Å². The predicted molar refractivity (Wildman–Crippen MR) is 108 cm³/mol. The van der Waals surface area contributed by atoms with Crippen LogP contribution in [0.1, 0.15) is 93.4 Å². The van der Waals surface area contributed by atoms with Crippen molar-refractivity contribution in [1.82, 2.24) is 0 Å². The molecule has 0 bridgehead atoms. The first-order chi connectivity index (χ1) is 11.3. The Hall–Kier alpha value is 0.719. The fraction of sp³-hybridized carbons (Fsp3) is 1.00. The van der Waals surface area contributed by atoms with Crippen LogP contribution in [0.2, 0.25) is 13.3 Å². The Balaban J connectivity index is 3.06. The molecule has 1 rings (SSSR count). The van der Waals surface area contributed by atoms with E-state index >= 15 is 0 Å². The second-order valence-corrected chi connectivity index (χ2v) is 22.7. The van der Waals surface area contributed by atoms with Gasteiger partial charge < -0.3 is 0 Å². The van der Waals surface area contributed by atoms with Crippen molar-refractivity contribution < 1.29 is 9.47 Å². The van der Waals surface area contributed by atoms with Crippen LogP contribution < -0.4 is 0 Å². The van der Waals surface area contributed by atoms with Crippen LogP contribution in [-0.4, -0.2) is 34.4 Å². The molecule has 2 nitrogen and oxygen atoms in total. The Labute approximate surface area is 156 Å². The first-order valence-corrected chi connectivity index (χ1v) is 18.4. The van der Waals surface area contributed by atoms with Crippen LogP contribution in [0.3, 0.4) is 0 Å². The third-order valence-corrected chi connectivity index (χ3v) is 22.3. The topological polar surface area (TPSA) is 18.5 Å². The average Bonchev–Trinajstić information content (AvgIpc) is 2.53. The van der Waals surface area contributed by atoms with Gasteiger partial charge in [0.05, 0.1) is 0 Å². The molecule has 144 valence electrons. The van der Waals surface area contributed by atoms with Crippen molar-refractivity contribution >= 4 is 18.4 Å². The third kappa shape index (κ3) is 6.79. The van der Waals surface area contributed by atoms with Crippen molar-refractivity contribution in [3.05, 3.63) is 0 Å². The van der Waals surface area contributed by atoms with Crippen molar-refractivity contribution in [3.63, 3.8) is 0 Å². The van der Waals surface area contributed by atoms with Gasteiger partial charge in [0.2, 0.25) is 0 Å². The van der Waals surface area contributed by atoms with Gasteiger partial charge in [-0.15, -0.1) is 0 Å². The second-order valence-electron chi connectivity index (χ2n) is 8.82. The summed E-state index contributed by atoms with van der Waals surface area (Å²) in [6, 6.07) is 0. The van der Waals surface area contributed by atoms with E-state index in [1.807, 2.05) is 0 Å². The van der Waals surface area contributed by atoms with Crippen molar-refractivity contribution in [1.29, 1.82) is 0 Å². The van der Waals surface area contributed by atoms with Gasteiger partial charge in [-0.1, -0.05) is 0 Å². The van der Waals surface area contributed by atoms with Crippen LogP contribution in [-0.2, 0) is 9.47 Å². The van der Waals surface area contributed by atoms with Crippen LogP contribution in [0.5, 0.6) is 0 Å². The molecule has 0 aromatic rings. The Kier molecular flexibility index (Phi) is 10.2. The summed E-state index contributed by atoms with van der Waals surface area (Å²) >= 11 is -2.35. The zero-order chi connectivity index (χ0) is 18.2. The molecule has 0 aliphatic carbocycles. The molecular formula is C21H44O2Sn. The standard InChI is InChI=1S/C9H17O2.3C4H9.Sn/c1-7(2)8-5-6-10-9(3,4)11-8;3*1-3-4-2;/h6-8H,5H2,1-4H3;3*1,3-4H2,2H3;/t8-;;;;/m1..../s1. The molecule has 1 aliphatic heterocycles. The number of ether oxygens (including phenoxy) is 2. The molecule has 0 aromatic carbocycles. The average molecular weight is 447 g/mol. The zero-order valence-corrected chi connectivity index (χ0v) is 20.5. The monoisotopic (exact) mass is 448 g/mol. The van der Waals surface area contributed by atoms with Crippen molar-refractivity contribution in [2.24, 2.45) is 5.92 Å². The van der Waals surface area contributed by atoms with E-state index < -0.39 is 24.2 Å². The Morgan fingerprint density at radius 3 is 1.71 bits per heavy atom. The maximum absolute atomic E-state index is 6.68. The van der Waals surface area contributed by atoms with Crippen LogP contribution in [0.4, 0.5) is 0 Å². The minimum absolute atomic E-state index is 0.375. The normalized spacial score (nSPS) is 24.5.